The van der Waals surface area contributed by atoms with E-state index in [9.17, 15) is 4.79 Å². The second-order valence-corrected chi connectivity index (χ2v) is 7.72. The van der Waals surface area contributed by atoms with Crippen molar-refractivity contribution < 1.29 is 4.79 Å². The molecule has 0 aliphatic carbocycles. The van der Waals surface area contributed by atoms with Crippen molar-refractivity contribution in [2.75, 3.05) is 24.5 Å². The fraction of sp³-hybridized carbons (Fsp3) is 0.409. The molecule has 1 aliphatic rings. The normalized spacial score (nSPS) is 16.9. The monoisotopic (exact) mass is 428 g/mol. The van der Waals surface area contributed by atoms with Crippen LogP contribution in [0.5, 0.6) is 0 Å². The number of benzene rings is 1. The Kier molecular flexibility index (Phi) is 7.90. The van der Waals surface area contributed by atoms with E-state index < -0.39 is 0 Å². The summed E-state index contributed by atoms with van der Waals surface area (Å²) in [4.78, 5) is 23.1. The fourth-order valence-corrected chi connectivity index (χ4v) is 3.77. The standard InChI is InChI=1S/C22H29ClN6O/c1-2-25-22(27-13-16-7-3-4-10-19(16)23)28-14-17-8-5-11-26-21(17)29-12-6-9-18(15-29)20(24)30/h3-5,7-8,10-11,18H,2,6,9,12-15H2,1H3,(H2,24,30)(H2,25,27,28). The van der Waals surface area contributed by atoms with Crippen LogP contribution in [0, 0.1) is 5.92 Å². The summed E-state index contributed by atoms with van der Waals surface area (Å²) in [6.07, 6.45) is 3.54. The fourth-order valence-electron chi connectivity index (χ4n) is 3.57. The molecule has 1 aliphatic heterocycles. The van der Waals surface area contributed by atoms with Crippen LogP contribution in [-0.2, 0) is 17.9 Å². The number of carbonyl (C=O) groups excluding carboxylic acids is 1. The Morgan fingerprint density at radius 2 is 2.07 bits per heavy atom. The van der Waals surface area contributed by atoms with Gasteiger partial charge in [0.05, 0.1) is 12.5 Å². The molecule has 8 heteroatoms. The summed E-state index contributed by atoms with van der Waals surface area (Å²) in [5.74, 6) is 1.20. The van der Waals surface area contributed by atoms with Gasteiger partial charge < -0.3 is 21.3 Å². The number of aliphatic imine (C=N–C) groups is 1. The molecule has 1 aromatic heterocycles. The van der Waals surface area contributed by atoms with Crippen molar-refractivity contribution in [1.82, 2.24) is 15.6 Å². The van der Waals surface area contributed by atoms with Gasteiger partial charge in [0, 0.05) is 43.0 Å². The van der Waals surface area contributed by atoms with E-state index in [-0.39, 0.29) is 11.8 Å². The van der Waals surface area contributed by atoms with Gasteiger partial charge >= 0.3 is 0 Å². The quantitative estimate of drug-likeness (QED) is 0.465. The molecule has 1 amide bonds. The second-order valence-electron chi connectivity index (χ2n) is 7.31. The van der Waals surface area contributed by atoms with Crippen LogP contribution in [0.15, 0.2) is 47.6 Å². The maximum absolute atomic E-state index is 11.6. The molecule has 0 saturated carbocycles. The summed E-state index contributed by atoms with van der Waals surface area (Å²) >= 11 is 6.25. The molecule has 3 rings (SSSR count). The Balaban J connectivity index is 1.71. The molecule has 4 N–H and O–H groups in total. The van der Waals surface area contributed by atoms with E-state index in [1.165, 1.54) is 0 Å². The molecule has 0 bridgehead atoms. The van der Waals surface area contributed by atoms with Gasteiger partial charge in [-0.2, -0.15) is 0 Å². The average Bonchev–Trinajstić information content (AvgIpc) is 2.77. The Morgan fingerprint density at radius 3 is 2.83 bits per heavy atom. The SMILES string of the molecule is CCNC(=NCc1cccnc1N1CCCC(C(N)=O)C1)NCc1ccccc1Cl. The highest BCUT2D eigenvalue weighted by Crippen LogP contribution is 2.25. The third-order valence-electron chi connectivity index (χ3n) is 5.15. The molecule has 1 unspecified atom stereocenters. The van der Waals surface area contributed by atoms with Crippen LogP contribution in [0.1, 0.15) is 30.9 Å². The molecule has 160 valence electrons. The molecule has 1 atom stereocenters. The van der Waals surface area contributed by atoms with E-state index in [2.05, 4.69) is 20.5 Å². The van der Waals surface area contributed by atoms with Gasteiger partial charge in [0.15, 0.2) is 5.96 Å². The Bertz CT molecular complexity index is 887. The maximum atomic E-state index is 11.6. The molecule has 30 heavy (non-hydrogen) atoms. The minimum absolute atomic E-state index is 0.133. The largest absolute Gasteiger partial charge is 0.369 e. The van der Waals surface area contributed by atoms with E-state index in [1.54, 1.807) is 6.20 Å². The lowest BCUT2D eigenvalue weighted by Gasteiger charge is -2.33. The highest BCUT2D eigenvalue weighted by atomic mass is 35.5. The molecule has 0 spiro atoms. The second kappa shape index (κ2) is 10.8. The van der Waals surface area contributed by atoms with Gasteiger partial charge in [-0.05, 0) is 37.5 Å². The number of nitrogens with zero attached hydrogens (tertiary/aromatic N) is 3. The van der Waals surface area contributed by atoms with Gasteiger partial charge in [-0.15, -0.1) is 0 Å². The maximum Gasteiger partial charge on any atom is 0.222 e. The van der Waals surface area contributed by atoms with Gasteiger partial charge in [-0.3, -0.25) is 4.79 Å². The van der Waals surface area contributed by atoms with Crippen LogP contribution in [0.25, 0.3) is 0 Å². The smallest absolute Gasteiger partial charge is 0.222 e. The molecule has 1 saturated heterocycles. The van der Waals surface area contributed by atoms with Crippen molar-refractivity contribution in [3.63, 3.8) is 0 Å². The van der Waals surface area contributed by atoms with Crippen LogP contribution < -0.4 is 21.3 Å². The Labute approximate surface area is 182 Å². The zero-order valence-electron chi connectivity index (χ0n) is 17.3. The van der Waals surface area contributed by atoms with Crippen molar-refractivity contribution in [2.24, 2.45) is 16.6 Å². The summed E-state index contributed by atoms with van der Waals surface area (Å²) in [6.45, 7) is 5.30. The predicted molar refractivity (Wildman–Crippen MR) is 121 cm³/mol. The first-order valence-electron chi connectivity index (χ1n) is 10.3. The number of anilines is 1. The number of hydrogen-bond donors (Lipinski definition) is 3. The van der Waals surface area contributed by atoms with Crippen molar-refractivity contribution in [2.45, 2.75) is 32.9 Å². The van der Waals surface area contributed by atoms with Crippen molar-refractivity contribution in [1.29, 1.82) is 0 Å². The lowest BCUT2D eigenvalue weighted by molar-refractivity contribution is -0.122. The van der Waals surface area contributed by atoms with Crippen LogP contribution in [0.3, 0.4) is 0 Å². The van der Waals surface area contributed by atoms with Crippen LogP contribution in [0.2, 0.25) is 5.02 Å². The number of carbonyl (C=O) groups is 1. The number of primary amides is 1. The summed E-state index contributed by atoms with van der Waals surface area (Å²) in [5, 5.41) is 7.32. The van der Waals surface area contributed by atoms with Crippen molar-refractivity contribution in [3.8, 4) is 0 Å². The molecular weight excluding hydrogens is 400 g/mol. The number of halogens is 1. The van der Waals surface area contributed by atoms with Gasteiger partial charge in [0.2, 0.25) is 5.91 Å². The molecule has 7 nitrogen and oxygen atoms in total. The number of guanidine groups is 1. The molecular formula is C22H29ClN6O. The van der Waals surface area contributed by atoms with Crippen LogP contribution in [-0.4, -0.2) is 36.5 Å². The summed E-state index contributed by atoms with van der Waals surface area (Å²) in [5.41, 5.74) is 7.56. The first-order valence-corrected chi connectivity index (χ1v) is 10.7. The van der Waals surface area contributed by atoms with E-state index in [4.69, 9.17) is 22.3 Å². The zero-order valence-corrected chi connectivity index (χ0v) is 18.0. The summed E-state index contributed by atoms with van der Waals surface area (Å²) in [6, 6.07) is 11.7. The molecule has 1 fully saturated rings. The van der Waals surface area contributed by atoms with E-state index in [0.717, 1.165) is 47.9 Å². The van der Waals surface area contributed by atoms with Gasteiger partial charge in [-0.25, -0.2) is 9.98 Å². The van der Waals surface area contributed by atoms with Crippen LogP contribution in [0.4, 0.5) is 5.82 Å². The lowest BCUT2D eigenvalue weighted by atomic mass is 9.97. The number of piperidine rings is 1. The molecule has 1 aromatic carbocycles. The first kappa shape index (κ1) is 21.9. The number of hydrogen-bond acceptors (Lipinski definition) is 4. The minimum atomic E-state index is -0.242. The third-order valence-corrected chi connectivity index (χ3v) is 5.52. The molecule has 2 aromatic rings. The van der Waals surface area contributed by atoms with E-state index in [0.29, 0.717) is 25.6 Å². The summed E-state index contributed by atoms with van der Waals surface area (Å²) < 4.78 is 0. The topological polar surface area (TPSA) is 95.6 Å². The molecule has 0 radical (unpaired) electrons. The highest BCUT2D eigenvalue weighted by molar-refractivity contribution is 6.31. The third kappa shape index (κ3) is 5.86. The Hall–Kier alpha value is -2.80. The predicted octanol–water partition coefficient (Wildman–Crippen LogP) is 2.69. The van der Waals surface area contributed by atoms with Gasteiger partial charge in [-0.1, -0.05) is 35.9 Å². The average molecular weight is 429 g/mol. The Morgan fingerprint density at radius 1 is 1.27 bits per heavy atom. The number of nitrogens with two attached hydrogens (primary N) is 1. The molecule has 2 heterocycles. The number of pyridine rings is 1. The van der Waals surface area contributed by atoms with Gasteiger partial charge in [0.25, 0.3) is 0 Å². The zero-order chi connectivity index (χ0) is 21.3. The van der Waals surface area contributed by atoms with Crippen molar-refractivity contribution >= 4 is 29.3 Å². The minimum Gasteiger partial charge on any atom is -0.369 e. The van der Waals surface area contributed by atoms with E-state index in [1.807, 2.05) is 43.3 Å². The van der Waals surface area contributed by atoms with Crippen LogP contribution >= 0.6 is 11.6 Å². The number of aromatic nitrogens is 1. The van der Waals surface area contributed by atoms with Crippen molar-refractivity contribution in [3.05, 3.63) is 58.7 Å². The highest BCUT2D eigenvalue weighted by Gasteiger charge is 2.25. The number of amides is 1. The van der Waals surface area contributed by atoms with E-state index >= 15 is 0 Å². The lowest BCUT2D eigenvalue weighted by Crippen LogP contribution is -2.42. The number of rotatable bonds is 7. The number of nitrogens with one attached hydrogen (secondary N) is 2. The first-order chi connectivity index (χ1) is 14.6. The van der Waals surface area contributed by atoms with Gasteiger partial charge in [0.1, 0.15) is 5.82 Å². The summed E-state index contributed by atoms with van der Waals surface area (Å²) in [7, 11) is 0.